The van der Waals surface area contributed by atoms with Crippen LogP contribution in [0.25, 0.3) is 10.2 Å². The van der Waals surface area contributed by atoms with Crippen molar-refractivity contribution in [3.05, 3.63) is 59.6 Å². The van der Waals surface area contributed by atoms with Gasteiger partial charge in [0.25, 0.3) is 0 Å². The van der Waals surface area contributed by atoms with Gasteiger partial charge in [-0.2, -0.15) is 0 Å². The molecule has 0 saturated carbocycles. The Balaban J connectivity index is 2.01. The molecule has 0 saturated heterocycles. The Morgan fingerprint density at radius 3 is 2.38 bits per heavy atom. The van der Waals surface area contributed by atoms with Crippen LogP contribution in [0, 0.1) is 0 Å². The maximum atomic E-state index is 11.7. The van der Waals surface area contributed by atoms with Crippen molar-refractivity contribution in [1.29, 1.82) is 0 Å². The SMILES string of the molecule is O=P(O)(O)C(Oc1ccccc1)c1nc2ccccc2s1. The third-order valence-corrected chi connectivity index (χ3v) is 5.03. The molecule has 3 rings (SSSR count). The summed E-state index contributed by atoms with van der Waals surface area (Å²) in [6.07, 6.45) is 0. The lowest BCUT2D eigenvalue weighted by Gasteiger charge is -2.17. The van der Waals surface area contributed by atoms with Crippen LogP contribution < -0.4 is 4.74 Å². The van der Waals surface area contributed by atoms with Crippen molar-refractivity contribution in [2.24, 2.45) is 0 Å². The minimum atomic E-state index is -4.49. The number of fused-ring (bicyclic) bond motifs is 1. The van der Waals surface area contributed by atoms with Crippen molar-refractivity contribution >= 4 is 29.1 Å². The quantitative estimate of drug-likeness (QED) is 0.718. The normalized spacial score (nSPS) is 13.2. The molecule has 108 valence electrons. The summed E-state index contributed by atoms with van der Waals surface area (Å²) in [5.74, 6) is -0.998. The topological polar surface area (TPSA) is 79.7 Å². The van der Waals surface area contributed by atoms with Crippen LogP contribution in [0.3, 0.4) is 0 Å². The van der Waals surface area contributed by atoms with E-state index < -0.39 is 13.4 Å². The van der Waals surface area contributed by atoms with Gasteiger partial charge < -0.3 is 14.5 Å². The van der Waals surface area contributed by atoms with Gasteiger partial charge in [0.1, 0.15) is 10.8 Å². The molecule has 1 unspecified atom stereocenters. The summed E-state index contributed by atoms with van der Waals surface area (Å²) in [6, 6.07) is 15.9. The molecule has 0 fully saturated rings. The predicted octanol–water partition coefficient (Wildman–Crippen LogP) is 3.55. The standard InChI is InChI=1S/C14H12NO4PS/c16-20(17,18)14(19-10-6-2-1-3-7-10)13-15-11-8-4-5-9-12(11)21-13/h1-9,14H,(H2,16,17,18). The fraction of sp³-hybridized carbons (Fsp3) is 0.0714. The minimum absolute atomic E-state index is 0.272. The zero-order valence-corrected chi connectivity index (χ0v) is 12.5. The largest absolute Gasteiger partial charge is 0.470 e. The van der Waals surface area contributed by atoms with Gasteiger partial charge in [-0.25, -0.2) is 4.98 Å². The number of benzene rings is 2. The van der Waals surface area contributed by atoms with E-state index in [1.54, 1.807) is 36.4 Å². The minimum Gasteiger partial charge on any atom is -0.470 e. The van der Waals surface area contributed by atoms with E-state index in [0.29, 0.717) is 11.3 Å². The molecule has 1 aromatic heterocycles. The van der Waals surface area contributed by atoms with E-state index in [1.807, 2.05) is 18.2 Å². The molecule has 2 N–H and O–H groups in total. The molecule has 21 heavy (non-hydrogen) atoms. The number of nitrogens with zero attached hydrogens (tertiary/aromatic N) is 1. The number of para-hydroxylation sites is 2. The molecular formula is C14H12NO4PS. The van der Waals surface area contributed by atoms with Gasteiger partial charge in [0, 0.05) is 0 Å². The van der Waals surface area contributed by atoms with Crippen LogP contribution in [-0.2, 0) is 4.57 Å². The first-order chi connectivity index (χ1) is 10.0. The second-order valence-corrected chi connectivity index (χ2v) is 7.10. The lowest BCUT2D eigenvalue weighted by Crippen LogP contribution is -2.08. The van der Waals surface area contributed by atoms with Crippen LogP contribution in [0.1, 0.15) is 10.9 Å². The van der Waals surface area contributed by atoms with Gasteiger partial charge in [-0.1, -0.05) is 30.3 Å². The number of rotatable bonds is 4. The van der Waals surface area contributed by atoms with Gasteiger partial charge >= 0.3 is 7.60 Å². The fourth-order valence-corrected chi connectivity index (χ4v) is 3.94. The Morgan fingerprint density at radius 1 is 1.05 bits per heavy atom. The first-order valence-corrected chi connectivity index (χ1v) is 8.66. The molecule has 0 aliphatic carbocycles. The first-order valence-electron chi connectivity index (χ1n) is 6.16. The summed E-state index contributed by atoms with van der Waals surface area (Å²) in [5, 5.41) is 0.272. The van der Waals surface area contributed by atoms with Gasteiger partial charge in [-0.3, -0.25) is 4.57 Å². The highest BCUT2D eigenvalue weighted by molar-refractivity contribution is 7.52. The molecule has 0 spiro atoms. The van der Waals surface area contributed by atoms with Crippen molar-refractivity contribution in [2.75, 3.05) is 0 Å². The van der Waals surface area contributed by atoms with E-state index >= 15 is 0 Å². The summed E-state index contributed by atoms with van der Waals surface area (Å²) in [4.78, 5) is 23.4. The summed E-state index contributed by atoms with van der Waals surface area (Å²) in [7, 11) is -4.49. The number of hydrogen-bond donors (Lipinski definition) is 2. The molecule has 0 bridgehead atoms. The van der Waals surface area contributed by atoms with Crippen molar-refractivity contribution in [1.82, 2.24) is 4.98 Å². The van der Waals surface area contributed by atoms with Crippen LogP contribution in [0.2, 0.25) is 0 Å². The van der Waals surface area contributed by atoms with E-state index in [-0.39, 0.29) is 5.01 Å². The maximum Gasteiger partial charge on any atom is 0.372 e. The second kappa shape index (κ2) is 5.58. The lowest BCUT2D eigenvalue weighted by molar-refractivity contribution is 0.226. The molecule has 0 amide bonds. The summed E-state index contributed by atoms with van der Waals surface area (Å²) >= 11 is 1.22. The molecule has 5 nitrogen and oxygen atoms in total. The van der Waals surface area contributed by atoms with E-state index in [2.05, 4.69) is 4.98 Å². The first kappa shape index (κ1) is 14.2. The summed E-state index contributed by atoms with van der Waals surface area (Å²) in [5.41, 5.74) is 0.701. The predicted molar refractivity (Wildman–Crippen MR) is 81.5 cm³/mol. The Labute approximate surface area is 125 Å². The van der Waals surface area contributed by atoms with E-state index in [4.69, 9.17) is 4.74 Å². The van der Waals surface area contributed by atoms with E-state index in [1.165, 1.54) is 11.3 Å². The third kappa shape index (κ3) is 3.14. The van der Waals surface area contributed by atoms with Gasteiger partial charge in [0.05, 0.1) is 10.2 Å². The zero-order valence-electron chi connectivity index (χ0n) is 10.8. The van der Waals surface area contributed by atoms with Crippen molar-refractivity contribution in [3.63, 3.8) is 0 Å². The molecular weight excluding hydrogens is 309 g/mol. The van der Waals surface area contributed by atoms with Crippen molar-refractivity contribution < 1.29 is 19.1 Å². The smallest absolute Gasteiger partial charge is 0.372 e. The van der Waals surface area contributed by atoms with Crippen LogP contribution in [0.15, 0.2) is 54.6 Å². The third-order valence-electron chi connectivity index (χ3n) is 2.82. The summed E-state index contributed by atoms with van der Waals surface area (Å²) < 4.78 is 18.1. The molecule has 7 heteroatoms. The molecule has 0 aliphatic heterocycles. The highest BCUT2D eigenvalue weighted by atomic mass is 32.1. The van der Waals surface area contributed by atoms with Crippen LogP contribution in [-0.4, -0.2) is 14.8 Å². The average molecular weight is 321 g/mol. The molecule has 1 heterocycles. The number of thiazole rings is 1. The molecule has 1 atom stereocenters. The van der Waals surface area contributed by atoms with Gasteiger partial charge in [-0.15, -0.1) is 11.3 Å². The Kier molecular flexibility index (Phi) is 3.78. The second-order valence-electron chi connectivity index (χ2n) is 4.39. The van der Waals surface area contributed by atoms with Crippen molar-refractivity contribution in [2.45, 2.75) is 5.85 Å². The van der Waals surface area contributed by atoms with Crippen molar-refractivity contribution in [3.8, 4) is 5.75 Å². The Bertz CT molecular complexity index is 766. The molecule has 2 aromatic carbocycles. The fourth-order valence-electron chi connectivity index (χ4n) is 1.89. The van der Waals surface area contributed by atoms with Gasteiger partial charge in [0.15, 0.2) is 0 Å². The molecule has 0 aliphatic rings. The maximum absolute atomic E-state index is 11.7. The Hall–Kier alpha value is -1.72. The van der Waals surface area contributed by atoms with Crippen LogP contribution in [0.5, 0.6) is 5.75 Å². The average Bonchev–Trinajstić information content (AvgIpc) is 2.88. The van der Waals surface area contributed by atoms with Crippen LogP contribution >= 0.6 is 18.9 Å². The Morgan fingerprint density at radius 2 is 1.71 bits per heavy atom. The summed E-state index contributed by atoms with van der Waals surface area (Å²) in [6.45, 7) is 0. The van der Waals surface area contributed by atoms with Gasteiger partial charge in [0.2, 0.25) is 5.85 Å². The zero-order chi connectivity index (χ0) is 14.9. The van der Waals surface area contributed by atoms with E-state index in [0.717, 1.165) is 4.70 Å². The van der Waals surface area contributed by atoms with E-state index in [9.17, 15) is 14.4 Å². The monoisotopic (exact) mass is 321 g/mol. The van der Waals surface area contributed by atoms with Gasteiger partial charge in [-0.05, 0) is 24.3 Å². The highest BCUT2D eigenvalue weighted by Crippen LogP contribution is 2.53. The molecule has 0 radical (unpaired) electrons. The lowest BCUT2D eigenvalue weighted by atomic mass is 10.3. The molecule has 3 aromatic rings. The number of ether oxygens (including phenoxy) is 1. The highest BCUT2D eigenvalue weighted by Gasteiger charge is 2.35. The van der Waals surface area contributed by atoms with Crippen LogP contribution in [0.4, 0.5) is 0 Å². The number of aromatic nitrogens is 1. The number of hydrogen-bond acceptors (Lipinski definition) is 4.